The number of carbonyl (C=O) groups excluding carboxylic acids is 1. The van der Waals surface area contributed by atoms with Gasteiger partial charge in [-0.05, 0) is 61.2 Å². The lowest BCUT2D eigenvalue weighted by molar-refractivity contribution is -0.116. The fourth-order valence-electron chi connectivity index (χ4n) is 2.83. The first-order valence-corrected chi connectivity index (χ1v) is 11.4. The third-order valence-electron chi connectivity index (χ3n) is 4.63. The van der Waals surface area contributed by atoms with Crippen LogP contribution in [-0.2, 0) is 21.1 Å². The molecule has 0 bridgehead atoms. The molecule has 9 heteroatoms. The summed E-state index contributed by atoms with van der Waals surface area (Å²) < 4.78 is 30.1. The number of nitrogens with one attached hydrogen (secondary N) is 1. The molecule has 0 spiro atoms. The molecule has 3 aromatic rings. The molecule has 0 radical (unpaired) electrons. The zero-order chi connectivity index (χ0) is 21.7. The summed E-state index contributed by atoms with van der Waals surface area (Å²) in [6.45, 7) is 4.07. The number of nitrogens with zero attached hydrogens (tertiary/aromatic N) is 2. The second-order valence-electron chi connectivity index (χ2n) is 7.02. The Morgan fingerprint density at radius 1 is 1.07 bits per heavy atom. The van der Waals surface area contributed by atoms with E-state index in [1.807, 2.05) is 26.0 Å². The molecule has 0 saturated heterocycles. The van der Waals surface area contributed by atoms with Gasteiger partial charge in [-0.15, -0.1) is 5.10 Å². The van der Waals surface area contributed by atoms with Crippen LogP contribution in [0.25, 0.3) is 0 Å². The number of rotatable bonds is 8. The van der Waals surface area contributed by atoms with Crippen molar-refractivity contribution in [2.45, 2.75) is 38.0 Å². The van der Waals surface area contributed by atoms with Crippen molar-refractivity contribution in [1.29, 1.82) is 0 Å². The zero-order valence-electron chi connectivity index (χ0n) is 16.7. The van der Waals surface area contributed by atoms with Crippen LogP contribution in [0.15, 0.2) is 51.8 Å². The average molecular weight is 448 g/mol. The first kappa shape index (κ1) is 22.0. The summed E-state index contributed by atoms with van der Waals surface area (Å²) >= 11 is 5.78. The Morgan fingerprint density at radius 2 is 1.80 bits per heavy atom. The molecule has 1 aromatic heterocycles. The first-order valence-electron chi connectivity index (χ1n) is 9.39. The molecule has 30 heavy (non-hydrogen) atoms. The van der Waals surface area contributed by atoms with Gasteiger partial charge in [0.25, 0.3) is 0 Å². The standard InChI is InChI=1S/C21H22ClN3O4S/c1-14-5-6-16(12-15(14)2)13-20-24-25-21(29-20)23-19(26)4-3-11-30(27,28)18-9-7-17(22)8-10-18/h5-10,12H,3-4,11,13H2,1-2H3,(H,23,25,26). The molecule has 0 aliphatic rings. The molecular weight excluding hydrogens is 426 g/mol. The highest BCUT2D eigenvalue weighted by atomic mass is 35.5. The van der Waals surface area contributed by atoms with E-state index >= 15 is 0 Å². The summed E-state index contributed by atoms with van der Waals surface area (Å²) in [6.07, 6.45) is 0.644. The van der Waals surface area contributed by atoms with Crippen LogP contribution in [0, 0.1) is 13.8 Å². The first-order chi connectivity index (χ1) is 14.2. The van der Waals surface area contributed by atoms with Gasteiger partial charge < -0.3 is 4.42 Å². The minimum atomic E-state index is -3.47. The van der Waals surface area contributed by atoms with Gasteiger partial charge in [0.15, 0.2) is 9.84 Å². The van der Waals surface area contributed by atoms with Gasteiger partial charge >= 0.3 is 6.01 Å². The molecule has 3 rings (SSSR count). The van der Waals surface area contributed by atoms with Gasteiger partial charge in [0, 0.05) is 11.4 Å². The van der Waals surface area contributed by atoms with Crippen LogP contribution in [0.3, 0.4) is 0 Å². The molecule has 158 valence electrons. The third-order valence-corrected chi connectivity index (χ3v) is 6.70. The molecule has 1 amide bonds. The average Bonchev–Trinajstić information content (AvgIpc) is 3.11. The third kappa shape index (κ3) is 5.90. The number of hydrogen-bond donors (Lipinski definition) is 1. The van der Waals surface area contributed by atoms with E-state index in [1.165, 1.54) is 35.4 Å². The predicted octanol–water partition coefficient (Wildman–Crippen LogP) is 4.12. The second-order valence-corrected chi connectivity index (χ2v) is 9.57. The number of anilines is 1. The van der Waals surface area contributed by atoms with Crippen molar-refractivity contribution >= 4 is 33.4 Å². The zero-order valence-corrected chi connectivity index (χ0v) is 18.3. The van der Waals surface area contributed by atoms with Crippen molar-refractivity contribution in [1.82, 2.24) is 10.2 Å². The van der Waals surface area contributed by atoms with Crippen molar-refractivity contribution in [3.63, 3.8) is 0 Å². The lowest BCUT2D eigenvalue weighted by atomic mass is 10.0. The molecular formula is C21H22ClN3O4S. The lowest BCUT2D eigenvalue weighted by Crippen LogP contribution is -2.14. The highest BCUT2D eigenvalue weighted by Gasteiger charge is 2.16. The molecule has 0 saturated carbocycles. The van der Waals surface area contributed by atoms with Gasteiger partial charge in [0.05, 0.1) is 17.1 Å². The van der Waals surface area contributed by atoms with E-state index in [2.05, 4.69) is 21.6 Å². The number of aryl methyl sites for hydroxylation is 2. The Labute approximate surface area is 180 Å². The number of hydrogen-bond acceptors (Lipinski definition) is 6. The molecule has 0 atom stereocenters. The molecule has 0 fully saturated rings. The van der Waals surface area contributed by atoms with Gasteiger partial charge in [0.1, 0.15) is 0 Å². The lowest BCUT2D eigenvalue weighted by Gasteiger charge is -2.04. The fraction of sp³-hybridized carbons (Fsp3) is 0.286. The summed E-state index contributed by atoms with van der Waals surface area (Å²) in [5.74, 6) is -0.147. The van der Waals surface area contributed by atoms with Gasteiger partial charge in [-0.2, -0.15) is 0 Å². The second kappa shape index (κ2) is 9.40. The number of benzene rings is 2. The van der Waals surface area contributed by atoms with Crippen molar-refractivity contribution in [3.8, 4) is 0 Å². The fourth-order valence-corrected chi connectivity index (χ4v) is 4.26. The van der Waals surface area contributed by atoms with E-state index in [1.54, 1.807) is 0 Å². The maximum absolute atomic E-state index is 12.3. The van der Waals surface area contributed by atoms with Crippen LogP contribution in [-0.4, -0.2) is 30.3 Å². The molecule has 1 heterocycles. The Balaban J connectivity index is 1.49. The molecule has 0 unspecified atom stereocenters. The highest BCUT2D eigenvalue weighted by molar-refractivity contribution is 7.91. The van der Waals surface area contributed by atoms with E-state index in [0.29, 0.717) is 17.3 Å². The number of carbonyl (C=O) groups is 1. The SMILES string of the molecule is Cc1ccc(Cc2nnc(NC(=O)CCCS(=O)(=O)c3ccc(Cl)cc3)o2)cc1C. The van der Waals surface area contributed by atoms with Crippen LogP contribution < -0.4 is 5.32 Å². The van der Waals surface area contributed by atoms with Gasteiger partial charge in [-0.3, -0.25) is 10.1 Å². The monoisotopic (exact) mass is 447 g/mol. The topological polar surface area (TPSA) is 102 Å². The van der Waals surface area contributed by atoms with Gasteiger partial charge in [-0.25, -0.2) is 8.42 Å². The van der Waals surface area contributed by atoms with E-state index in [0.717, 1.165) is 5.56 Å². The molecule has 2 aromatic carbocycles. The molecule has 7 nitrogen and oxygen atoms in total. The van der Waals surface area contributed by atoms with E-state index < -0.39 is 9.84 Å². The normalized spacial score (nSPS) is 11.4. The Hall–Kier alpha value is -2.71. The quantitative estimate of drug-likeness (QED) is 0.557. The summed E-state index contributed by atoms with van der Waals surface area (Å²) in [7, 11) is -3.47. The summed E-state index contributed by atoms with van der Waals surface area (Å²) in [6, 6.07) is 12.0. The maximum Gasteiger partial charge on any atom is 0.322 e. The van der Waals surface area contributed by atoms with E-state index in [4.69, 9.17) is 16.0 Å². The number of halogens is 1. The number of sulfone groups is 1. The molecule has 0 aliphatic carbocycles. The summed E-state index contributed by atoms with van der Waals surface area (Å²) in [5.41, 5.74) is 3.41. The van der Waals surface area contributed by atoms with Gasteiger partial charge in [-0.1, -0.05) is 34.9 Å². The van der Waals surface area contributed by atoms with Crippen LogP contribution in [0.2, 0.25) is 5.02 Å². The minimum Gasteiger partial charge on any atom is -0.407 e. The minimum absolute atomic E-state index is 0.000563. The van der Waals surface area contributed by atoms with E-state index in [9.17, 15) is 13.2 Å². The predicted molar refractivity (Wildman–Crippen MR) is 114 cm³/mol. The Morgan fingerprint density at radius 3 is 2.50 bits per heavy atom. The van der Waals surface area contributed by atoms with Crippen molar-refractivity contribution in [2.75, 3.05) is 11.1 Å². The smallest absolute Gasteiger partial charge is 0.322 e. The van der Waals surface area contributed by atoms with E-state index in [-0.39, 0.29) is 35.4 Å². The molecule has 1 N–H and O–H groups in total. The molecule has 0 aliphatic heterocycles. The van der Waals surface area contributed by atoms with Crippen molar-refractivity contribution < 1.29 is 17.6 Å². The van der Waals surface area contributed by atoms with Crippen LogP contribution in [0.1, 0.15) is 35.4 Å². The maximum atomic E-state index is 12.3. The number of aromatic nitrogens is 2. The largest absolute Gasteiger partial charge is 0.407 e. The highest BCUT2D eigenvalue weighted by Crippen LogP contribution is 2.17. The number of amides is 1. The summed E-state index contributed by atoms with van der Waals surface area (Å²) in [5, 5.41) is 10.7. The van der Waals surface area contributed by atoms with Crippen LogP contribution >= 0.6 is 11.6 Å². The van der Waals surface area contributed by atoms with Crippen molar-refractivity contribution in [3.05, 3.63) is 70.1 Å². The summed E-state index contributed by atoms with van der Waals surface area (Å²) in [4.78, 5) is 12.3. The Kier molecular flexibility index (Phi) is 6.89. The van der Waals surface area contributed by atoms with Crippen LogP contribution in [0.5, 0.6) is 0 Å². The van der Waals surface area contributed by atoms with Crippen molar-refractivity contribution in [2.24, 2.45) is 0 Å². The Bertz CT molecular complexity index is 1140. The van der Waals surface area contributed by atoms with Gasteiger partial charge in [0.2, 0.25) is 11.8 Å². The van der Waals surface area contributed by atoms with Crippen LogP contribution in [0.4, 0.5) is 6.01 Å².